The molecule has 0 unspecified atom stereocenters. The molecule has 0 N–H and O–H groups in total. The van der Waals surface area contributed by atoms with Gasteiger partial charge in [0.2, 0.25) is 0 Å². The zero-order chi connectivity index (χ0) is 20.1. The molecule has 1 heterocycles. The van der Waals surface area contributed by atoms with Crippen molar-refractivity contribution in [2.45, 2.75) is 25.4 Å². The molecule has 0 fully saturated rings. The number of carbonyl (C=O) groups is 1. The molecule has 1 atom stereocenters. The second kappa shape index (κ2) is 8.77. The second-order valence-corrected chi connectivity index (χ2v) is 6.69. The Morgan fingerprint density at radius 3 is 2.57 bits per heavy atom. The quantitative estimate of drug-likeness (QED) is 0.717. The topological polar surface area (TPSA) is 71.8 Å². The van der Waals surface area contributed by atoms with Gasteiger partial charge in [-0.3, -0.25) is 9.69 Å². The maximum atomic E-state index is 12.1. The Hall–Kier alpha value is -3.04. The predicted octanol–water partition coefficient (Wildman–Crippen LogP) is 3.24. The number of nitrogens with zero attached hydrogens (tertiary/aromatic N) is 2. The van der Waals surface area contributed by atoms with E-state index in [0.717, 1.165) is 29.7 Å². The Morgan fingerprint density at radius 2 is 1.89 bits per heavy atom. The first kappa shape index (κ1) is 19.7. The van der Waals surface area contributed by atoms with Crippen molar-refractivity contribution < 1.29 is 19.0 Å². The molecular formula is C22H24N2O4. The number of methoxy groups -OCH3 is 3. The summed E-state index contributed by atoms with van der Waals surface area (Å²) < 4.78 is 15.8. The van der Waals surface area contributed by atoms with Gasteiger partial charge in [0.25, 0.3) is 0 Å². The van der Waals surface area contributed by atoms with E-state index in [0.29, 0.717) is 23.6 Å². The molecule has 3 rings (SSSR count). The number of hydrogen-bond donors (Lipinski definition) is 0. The lowest BCUT2D eigenvalue weighted by atomic mass is 9.89. The summed E-state index contributed by atoms with van der Waals surface area (Å²) in [5.74, 6) is 1.04. The monoisotopic (exact) mass is 380 g/mol. The summed E-state index contributed by atoms with van der Waals surface area (Å²) in [7, 11) is 4.61. The molecule has 0 radical (unpaired) electrons. The number of ether oxygens (including phenoxy) is 3. The summed E-state index contributed by atoms with van der Waals surface area (Å²) >= 11 is 0. The van der Waals surface area contributed by atoms with Crippen molar-refractivity contribution >= 4 is 5.97 Å². The summed E-state index contributed by atoms with van der Waals surface area (Å²) in [6.07, 6.45) is 1.05. The molecule has 0 aromatic heterocycles. The van der Waals surface area contributed by atoms with E-state index in [2.05, 4.69) is 11.0 Å². The zero-order valence-electron chi connectivity index (χ0n) is 16.4. The van der Waals surface area contributed by atoms with Crippen molar-refractivity contribution in [2.24, 2.45) is 0 Å². The summed E-state index contributed by atoms with van der Waals surface area (Å²) in [6.45, 7) is 1.35. The highest BCUT2D eigenvalue weighted by Gasteiger charge is 2.31. The van der Waals surface area contributed by atoms with Crippen molar-refractivity contribution in [2.75, 3.05) is 27.9 Å². The first-order chi connectivity index (χ1) is 13.6. The van der Waals surface area contributed by atoms with Gasteiger partial charge >= 0.3 is 5.97 Å². The van der Waals surface area contributed by atoms with Crippen molar-refractivity contribution in [3.63, 3.8) is 0 Å². The van der Waals surface area contributed by atoms with Crippen LogP contribution in [-0.2, 0) is 22.5 Å². The number of fused-ring (bicyclic) bond motifs is 1. The molecule has 146 valence electrons. The number of carbonyl (C=O) groups excluding carboxylic acids is 1. The number of hydrogen-bond acceptors (Lipinski definition) is 6. The lowest BCUT2D eigenvalue weighted by Gasteiger charge is -2.37. The third-order valence-corrected chi connectivity index (χ3v) is 5.21. The van der Waals surface area contributed by atoms with Gasteiger partial charge in [0.1, 0.15) is 0 Å². The Bertz CT molecular complexity index is 904. The summed E-state index contributed by atoms with van der Waals surface area (Å²) in [4.78, 5) is 14.4. The van der Waals surface area contributed by atoms with Crippen LogP contribution in [0.25, 0.3) is 0 Å². The Balaban J connectivity index is 2.00. The Morgan fingerprint density at radius 1 is 1.18 bits per heavy atom. The fourth-order valence-corrected chi connectivity index (χ4v) is 3.74. The molecule has 0 saturated heterocycles. The molecule has 28 heavy (non-hydrogen) atoms. The van der Waals surface area contributed by atoms with Crippen molar-refractivity contribution in [3.05, 3.63) is 58.7 Å². The van der Waals surface area contributed by atoms with Crippen molar-refractivity contribution in [1.29, 1.82) is 5.26 Å². The largest absolute Gasteiger partial charge is 0.493 e. The maximum absolute atomic E-state index is 12.1. The van der Waals surface area contributed by atoms with Gasteiger partial charge in [0, 0.05) is 19.1 Å². The lowest BCUT2D eigenvalue weighted by Crippen LogP contribution is -2.36. The van der Waals surface area contributed by atoms with Crippen LogP contribution in [0.2, 0.25) is 0 Å². The average molecular weight is 380 g/mol. The van der Waals surface area contributed by atoms with Gasteiger partial charge in [-0.2, -0.15) is 5.26 Å². The Labute approximate surface area is 165 Å². The molecular weight excluding hydrogens is 356 g/mol. The standard InChI is InChI=1S/C22H24N2O4/c1-26-20-10-15-8-9-24(14-17-7-5-4-6-16(17)13-23)19(12-22(25)28-3)18(15)11-21(20)27-2/h4-7,10-11,19H,8-9,12,14H2,1-3H3/t19-/m1/s1. The number of esters is 1. The molecule has 0 bridgehead atoms. The van der Waals surface area contributed by atoms with E-state index < -0.39 is 0 Å². The van der Waals surface area contributed by atoms with Crippen LogP contribution in [0, 0.1) is 11.3 Å². The van der Waals surface area contributed by atoms with Crippen LogP contribution < -0.4 is 9.47 Å². The smallest absolute Gasteiger partial charge is 0.307 e. The minimum atomic E-state index is -0.272. The van der Waals surface area contributed by atoms with Crippen LogP contribution in [-0.4, -0.2) is 38.7 Å². The summed E-state index contributed by atoms with van der Waals surface area (Å²) in [5, 5.41) is 9.41. The van der Waals surface area contributed by atoms with Crippen LogP contribution in [0.3, 0.4) is 0 Å². The average Bonchev–Trinajstić information content (AvgIpc) is 2.74. The SMILES string of the molecule is COC(=O)C[C@@H]1c2cc(OC)c(OC)cc2CCN1Cc1ccccc1C#N. The van der Waals surface area contributed by atoms with Crippen LogP contribution in [0.15, 0.2) is 36.4 Å². The van der Waals surface area contributed by atoms with Crippen molar-refractivity contribution in [1.82, 2.24) is 4.90 Å². The molecule has 0 spiro atoms. The lowest BCUT2D eigenvalue weighted by molar-refractivity contribution is -0.142. The summed E-state index contributed by atoms with van der Waals surface area (Å²) in [5.41, 5.74) is 3.77. The molecule has 2 aromatic rings. The molecule has 0 aliphatic carbocycles. The Kier molecular flexibility index (Phi) is 6.17. The van der Waals surface area contributed by atoms with Gasteiger partial charge < -0.3 is 14.2 Å². The first-order valence-corrected chi connectivity index (χ1v) is 9.15. The minimum Gasteiger partial charge on any atom is -0.493 e. The van der Waals surface area contributed by atoms with E-state index in [9.17, 15) is 10.1 Å². The number of nitriles is 1. The van der Waals surface area contributed by atoms with Gasteiger partial charge in [-0.25, -0.2) is 0 Å². The second-order valence-electron chi connectivity index (χ2n) is 6.69. The summed E-state index contributed by atoms with van der Waals surface area (Å²) in [6, 6.07) is 13.6. The van der Waals surface area contributed by atoms with Gasteiger partial charge in [0.05, 0.1) is 39.4 Å². The zero-order valence-corrected chi connectivity index (χ0v) is 16.4. The highest BCUT2D eigenvalue weighted by atomic mass is 16.5. The minimum absolute atomic E-state index is 0.164. The van der Waals surface area contributed by atoms with Gasteiger partial charge in [-0.1, -0.05) is 18.2 Å². The normalized spacial score (nSPS) is 16.0. The fourth-order valence-electron chi connectivity index (χ4n) is 3.74. The van der Waals surface area contributed by atoms with Crippen LogP contribution in [0.5, 0.6) is 11.5 Å². The van der Waals surface area contributed by atoms with Gasteiger partial charge in [-0.15, -0.1) is 0 Å². The number of rotatable bonds is 6. The van der Waals surface area contributed by atoms with E-state index in [4.69, 9.17) is 14.2 Å². The maximum Gasteiger partial charge on any atom is 0.307 e. The van der Waals surface area contributed by atoms with Crippen LogP contribution in [0.1, 0.15) is 34.7 Å². The van der Waals surface area contributed by atoms with E-state index in [1.54, 1.807) is 14.2 Å². The molecule has 0 amide bonds. The number of benzene rings is 2. The van der Waals surface area contributed by atoms with Crippen molar-refractivity contribution in [3.8, 4) is 17.6 Å². The highest BCUT2D eigenvalue weighted by molar-refractivity contribution is 5.70. The first-order valence-electron chi connectivity index (χ1n) is 9.15. The van der Waals surface area contributed by atoms with Crippen LogP contribution in [0.4, 0.5) is 0 Å². The van der Waals surface area contributed by atoms with Gasteiger partial charge in [0.15, 0.2) is 11.5 Å². The molecule has 2 aromatic carbocycles. The molecule has 6 nitrogen and oxygen atoms in total. The fraction of sp³-hybridized carbons (Fsp3) is 0.364. The van der Waals surface area contributed by atoms with Crippen LogP contribution >= 0.6 is 0 Å². The van der Waals surface area contributed by atoms with E-state index >= 15 is 0 Å². The molecule has 0 saturated carbocycles. The molecule has 1 aliphatic rings. The molecule has 6 heteroatoms. The van der Waals surface area contributed by atoms with E-state index in [1.807, 2.05) is 36.4 Å². The predicted molar refractivity (Wildman–Crippen MR) is 104 cm³/mol. The van der Waals surface area contributed by atoms with Gasteiger partial charge in [-0.05, 0) is 41.3 Å². The van der Waals surface area contributed by atoms with E-state index in [1.165, 1.54) is 7.11 Å². The highest BCUT2D eigenvalue weighted by Crippen LogP contribution is 2.40. The van der Waals surface area contributed by atoms with E-state index in [-0.39, 0.29) is 18.4 Å². The molecule has 1 aliphatic heterocycles. The third-order valence-electron chi connectivity index (χ3n) is 5.21. The third kappa shape index (κ3) is 3.95.